The second-order valence-electron chi connectivity index (χ2n) is 2.36. The summed E-state index contributed by atoms with van der Waals surface area (Å²) in [5.74, 6) is 0.591. The number of aryl methyl sites for hydroxylation is 2. The normalized spacial score (nSPS) is 9.83. The summed E-state index contributed by atoms with van der Waals surface area (Å²) in [4.78, 5) is 10.0. The Hall–Kier alpha value is -1.52. The Morgan fingerprint density at radius 3 is 2.75 bits per heavy atom. The Labute approximate surface area is 68.9 Å². The monoisotopic (exact) mass is 171 g/mol. The first-order valence-electron chi connectivity index (χ1n) is 3.38. The van der Waals surface area contributed by atoms with Gasteiger partial charge in [0, 0.05) is 0 Å². The summed E-state index contributed by atoms with van der Waals surface area (Å²) in [6.45, 7) is 3.44. The predicted molar refractivity (Wildman–Crippen MR) is 38.8 cm³/mol. The first-order chi connectivity index (χ1) is 5.61. The molecule has 0 aromatic carbocycles. The number of ether oxygens (including phenoxy) is 1. The molecule has 0 saturated heterocycles. The SMILES string of the molecule is Cc1noc(C)c1COC(=O)O. The van der Waals surface area contributed by atoms with Gasteiger partial charge >= 0.3 is 6.16 Å². The van der Waals surface area contributed by atoms with Crippen LogP contribution in [0.4, 0.5) is 4.79 Å². The van der Waals surface area contributed by atoms with E-state index < -0.39 is 6.16 Å². The van der Waals surface area contributed by atoms with Crippen LogP contribution in [-0.4, -0.2) is 16.4 Å². The third-order valence-corrected chi connectivity index (χ3v) is 1.52. The smallest absolute Gasteiger partial charge is 0.450 e. The average molecular weight is 171 g/mol. The molecule has 0 aliphatic heterocycles. The van der Waals surface area contributed by atoms with Crippen molar-refractivity contribution in [2.24, 2.45) is 0 Å². The molecule has 0 aliphatic rings. The van der Waals surface area contributed by atoms with Crippen LogP contribution >= 0.6 is 0 Å². The molecule has 0 aliphatic carbocycles. The van der Waals surface area contributed by atoms with E-state index in [1.807, 2.05) is 0 Å². The maximum absolute atomic E-state index is 10.0. The van der Waals surface area contributed by atoms with Crippen LogP contribution in [0.2, 0.25) is 0 Å². The van der Waals surface area contributed by atoms with Gasteiger partial charge in [-0.2, -0.15) is 0 Å². The summed E-state index contributed by atoms with van der Waals surface area (Å²) < 4.78 is 9.17. The molecule has 1 aromatic rings. The van der Waals surface area contributed by atoms with Crippen molar-refractivity contribution in [1.29, 1.82) is 0 Å². The van der Waals surface area contributed by atoms with E-state index in [-0.39, 0.29) is 6.61 Å². The van der Waals surface area contributed by atoms with Crippen molar-refractivity contribution in [2.45, 2.75) is 20.5 Å². The van der Waals surface area contributed by atoms with E-state index in [1.54, 1.807) is 13.8 Å². The quantitative estimate of drug-likeness (QED) is 0.682. The van der Waals surface area contributed by atoms with Gasteiger partial charge in [0.05, 0.1) is 11.3 Å². The van der Waals surface area contributed by atoms with Gasteiger partial charge in [0.15, 0.2) is 0 Å². The van der Waals surface area contributed by atoms with Crippen LogP contribution in [0.3, 0.4) is 0 Å². The van der Waals surface area contributed by atoms with Gasteiger partial charge in [-0.15, -0.1) is 0 Å². The molecule has 0 radical (unpaired) electrons. The van der Waals surface area contributed by atoms with E-state index >= 15 is 0 Å². The zero-order valence-corrected chi connectivity index (χ0v) is 6.83. The minimum absolute atomic E-state index is 0.00347. The first kappa shape index (κ1) is 8.58. The maximum Gasteiger partial charge on any atom is 0.506 e. The lowest BCUT2D eigenvalue weighted by Gasteiger charge is -1.97. The zero-order valence-electron chi connectivity index (χ0n) is 6.83. The Morgan fingerprint density at radius 2 is 2.33 bits per heavy atom. The highest BCUT2D eigenvalue weighted by Gasteiger charge is 2.10. The number of carbonyl (C=O) groups is 1. The van der Waals surface area contributed by atoms with Crippen LogP contribution in [-0.2, 0) is 11.3 Å². The highest BCUT2D eigenvalue weighted by atomic mass is 16.7. The van der Waals surface area contributed by atoms with Crippen molar-refractivity contribution in [3.8, 4) is 0 Å². The molecule has 0 fully saturated rings. The fourth-order valence-electron chi connectivity index (χ4n) is 0.842. The van der Waals surface area contributed by atoms with E-state index in [0.717, 1.165) is 0 Å². The molecule has 0 unspecified atom stereocenters. The van der Waals surface area contributed by atoms with Gasteiger partial charge in [-0.1, -0.05) is 5.16 Å². The van der Waals surface area contributed by atoms with E-state index in [4.69, 9.17) is 9.63 Å². The Morgan fingerprint density at radius 1 is 1.67 bits per heavy atom. The molecule has 1 rings (SSSR count). The third-order valence-electron chi connectivity index (χ3n) is 1.52. The van der Waals surface area contributed by atoms with Crippen molar-refractivity contribution in [3.05, 3.63) is 17.0 Å². The fraction of sp³-hybridized carbons (Fsp3) is 0.429. The van der Waals surface area contributed by atoms with Gasteiger partial charge in [-0.3, -0.25) is 0 Å². The van der Waals surface area contributed by atoms with Crippen LogP contribution < -0.4 is 0 Å². The lowest BCUT2D eigenvalue weighted by Crippen LogP contribution is -2.01. The molecule has 1 heterocycles. The van der Waals surface area contributed by atoms with Gasteiger partial charge in [0.2, 0.25) is 0 Å². The van der Waals surface area contributed by atoms with Crippen LogP contribution in [0.1, 0.15) is 17.0 Å². The molecule has 5 heteroatoms. The number of aromatic nitrogens is 1. The largest absolute Gasteiger partial charge is 0.506 e. The molecule has 5 nitrogen and oxygen atoms in total. The molecule has 0 spiro atoms. The number of rotatable bonds is 2. The summed E-state index contributed by atoms with van der Waals surface area (Å²) >= 11 is 0. The van der Waals surface area contributed by atoms with Gasteiger partial charge in [0.25, 0.3) is 0 Å². The maximum atomic E-state index is 10.0. The molecular formula is C7H9NO4. The minimum atomic E-state index is -1.30. The number of carboxylic acid groups (broad SMARTS) is 1. The topological polar surface area (TPSA) is 72.6 Å². The van der Waals surface area contributed by atoms with E-state index in [9.17, 15) is 4.79 Å². The van der Waals surface area contributed by atoms with Crippen molar-refractivity contribution >= 4 is 6.16 Å². The average Bonchev–Trinajstić information content (AvgIpc) is 2.28. The summed E-state index contributed by atoms with van der Waals surface area (Å²) in [7, 11) is 0. The number of hydrogen-bond acceptors (Lipinski definition) is 4. The molecule has 12 heavy (non-hydrogen) atoms. The van der Waals surface area contributed by atoms with Crippen molar-refractivity contribution in [3.63, 3.8) is 0 Å². The summed E-state index contributed by atoms with van der Waals surface area (Å²) in [5.41, 5.74) is 1.35. The summed E-state index contributed by atoms with van der Waals surface area (Å²) in [5, 5.41) is 11.9. The molecule has 0 bridgehead atoms. The molecule has 1 aromatic heterocycles. The van der Waals surface area contributed by atoms with Crippen LogP contribution in [0, 0.1) is 13.8 Å². The van der Waals surface area contributed by atoms with Gasteiger partial charge in [-0.05, 0) is 13.8 Å². The lowest BCUT2D eigenvalue weighted by molar-refractivity contribution is 0.0849. The second kappa shape index (κ2) is 3.25. The number of nitrogens with zero attached hydrogens (tertiary/aromatic N) is 1. The first-order valence-corrected chi connectivity index (χ1v) is 3.38. The molecule has 0 saturated carbocycles. The van der Waals surface area contributed by atoms with Crippen LogP contribution in [0.25, 0.3) is 0 Å². The Balaban J connectivity index is 2.68. The summed E-state index contributed by atoms with van der Waals surface area (Å²) in [6.07, 6.45) is -1.30. The van der Waals surface area contributed by atoms with Gasteiger partial charge < -0.3 is 14.4 Å². The highest BCUT2D eigenvalue weighted by Crippen LogP contribution is 2.12. The van der Waals surface area contributed by atoms with Crippen molar-refractivity contribution in [2.75, 3.05) is 0 Å². The number of hydrogen-bond donors (Lipinski definition) is 1. The molecular weight excluding hydrogens is 162 g/mol. The predicted octanol–water partition coefficient (Wildman–Crippen LogP) is 1.49. The third kappa shape index (κ3) is 1.75. The van der Waals surface area contributed by atoms with Gasteiger partial charge in [0.1, 0.15) is 12.4 Å². The van der Waals surface area contributed by atoms with E-state index in [2.05, 4.69) is 9.89 Å². The zero-order chi connectivity index (χ0) is 9.14. The van der Waals surface area contributed by atoms with E-state index in [0.29, 0.717) is 17.0 Å². The fourth-order valence-corrected chi connectivity index (χ4v) is 0.842. The van der Waals surface area contributed by atoms with Gasteiger partial charge in [-0.25, -0.2) is 4.79 Å². The molecule has 1 N–H and O–H groups in total. The Kier molecular flexibility index (Phi) is 2.32. The molecule has 66 valence electrons. The second-order valence-corrected chi connectivity index (χ2v) is 2.36. The molecule has 0 amide bonds. The van der Waals surface area contributed by atoms with Crippen LogP contribution in [0.15, 0.2) is 4.52 Å². The molecule has 0 atom stereocenters. The van der Waals surface area contributed by atoms with Crippen LogP contribution in [0.5, 0.6) is 0 Å². The summed E-state index contributed by atoms with van der Waals surface area (Å²) in [6, 6.07) is 0. The van der Waals surface area contributed by atoms with E-state index in [1.165, 1.54) is 0 Å². The minimum Gasteiger partial charge on any atom is -0.450 e. The van der Waals surface area contributed by atoms with Crippen molar-refractivity contribution in [1.82, 2.24) is 5.16 Å². The highest BCUT2D eigenvalue weighted by molar-refractivity contribution is 5.56. The van der Waals surface area contributed by atoms with Crippen molar-refractivity contribution < 1.29 is 19.2 Å². The Bertz CT molecular complexity index is 272. The standard InChI is InChI=1S/C7H9NO4/c1-4-6(3-11-7(9)10)5(2)12-8-4/h3H2,1-2H3,(H,9,10). The lowest BCUT2D eigenvalue weighted by atomic mass is 10.2.